The van der Waals surface area contributed by atoms with Crippen LogP contribution in [0.4, 0.5) is 0 Å². The number of ether oxygens (including phenoxy) is 1. The first-order valence-corrected chi connectivity index (χ1v) is 13.5. The Hall–Kier alpha value is -3.19. The number of aryl methyl sites for hydroxylation is 1. The lowest BCUT2D eigenvalue weighted by Gasteiger charge is -2.27. The number of amides is 1. The zero-order valence-corrected chi connectivity index (χ0v) is 21.7. The van der Waals surface area contributed by atoms with Crippen molar-refractivity contribution in [3.05, 3.63) is 99.7 Å². The van der Waals surface area contributed by atoms with Gasteiger partial charge < -0.3 is 14.6 Å². The molecule has 2 aliphatic rings. The molecule has 36 heavy (non-hydrogen) atoms. The van der Waals surface area contributed by atoms with E-state index in [0.29, 0.717) is 24.1 Å². The van der Waals surface area contributed by atoms with Gasteiger partial charge >= 0.3 is 0 Å². The Kier molecular flexibility index (Phi) is 7.66. The van der Waals surface area contributed by atoms with Gasteiger partial charge in [-0.2, -0.15) is 0 Å². The summed E-state index contributed by atoms with van der Waals surface area (Å²) in [6.45, 7) is 0.489. The van der Waals surface area contributed by atoms with E-state index in [0.717, 1.165) is 48.0 Å². The lowest BCUT2D eigenvalue weighted by atomic mass is 9.92. The van der Waals surface area contributed by atoms with E-state index in [1.54, 1.807) is 29.4 Å². The Morgan fingerprint density at radius 3 is 2.50 bits per heavy atom. The van der Waals surface area contributed by atoms with Crippen LogP contribution in [0.15, 0.2) is 82.8 Å². The van der Waals surface area contributed by atoms with Crippen LogP contribution in [0.5, 0.6) is 0 Å². The van der Waals surface area contributed by atoms with E-state index in [2.05, 4.69) is 25.9 Å². The van der Waals surface area contributed by atoms with Gasteiger partial charge in [0, 0.05) is 35.4 Å². The van der Waals surface area contributed by atoms with Gasteiger partial charge in [-0.15, -0.1) is 0 Å². The molecule has 1 aliphatic heterocycles. The molecule has 3 aromatic rings. The minimum absolute atomic E-state index is 0.0371. The van der Waals surface area contributed by atoms with Gasteiger partial charge in [-0.3, -0.25) is 9.59 Å². The van der Waals surface area contributed by atoms with Gasteiger partial charge in [-0.25, -0.2) is 4.98 Å². The molecule has 0 radical (unpaired) electrons. The maximum atomic E-state index is 14.0. The molecule has 2 aromatic carbocycles. The SMILES string of the molecule is O=C(C1=C(OC2CCCCC2)C(=O)N(CCCc2ncc[nH]2)C1c1ccc(Br)cc1)c1ccccc1. The first-order valence-electron chi connectivity index (χ1n) is 12.7. The molecule has 7 heteroatoms. The van der Waals surface area contributed by atoms with E-state index in [1.165, 1.54) is 6.42 Å². The van der Waals surface area contributed by atoms with Crippen LogP contribution in [0.2, 0.25) is 0 Å². The highest BCUT2D eigenvalue weighted by Crippen LogP contribution is 2.42. The highest BCUT2D eigenvalue weighted by atomic mass is 79.9. The van der Waals surface area contributed by atoms with E-state index in [9.17, 15) is 9.59 Å². The number of halogens is 1. The zero-order valence-electron chi connectivity index (χ0n) is 20.2. The summed E-state index contributed by atoms with van der Waals surface area (Å²) in [5, 5.41) is 0. The molecular weight excluding hydrogens is 518 g/mol. The average molecular weight is 548 g/mol. The van der Waals surface area contributed by atoms with Crippen LogP contribution >= 0.6 is 15.9 Å². The Morgan fingerprint density at radius 1 is 1.06 bits per heavy atom. The van der Waals surface area contributed by atoms with Crippen LogP contribution in [0, 0.1) is 0 Å². The predicted octanol–water partition coefficient (Wildman–Crippen LogP) is 6.17. The lowest BCUT2D eigenvalue weighted by molar-refractivity contribution is -0.131. The number of nitrogens with zero attached hydrogens (tertiary/aromatic N) is 2. The number of aromatic nitrogens is 2. The molecule has 186 valence electrons. The van der Waals surface area contributed by atoms with Crippen LogP contribution in [0.25, 0.3) is 0 Å². The lowest BCUT2D eigenvalue weighted by Crippen LogP contribution is -2.33. The highest BCUT2D eigenvalue weighted by Gasteiger charge is 2.45. The number of hydrogen-bond acceptors (Lipinski definition) is 4. The van der Waals surface area contributed by atoms with Crippen LogP contribution in [-0.2, 0) is 16.0 Å². The summed E-state index contributed by atoms with van der Waals surface area (Å²) in [7, 11) is 0. The molecule has 0 spiro atoms. The number of ketones is 1. The van der Waals surface area contributed by atoms with Crippen LogP contribution in [0.1, 0.15) is 66.3 Å². The molecule has 0 bridgehead atoms. The summed E-state index contributed by atoms with van der Waals surface area (Å²) < 4.78 is 7.36. The van der Waals surface area contributed by atoms with E-state index in [4.69, 9.17) is 4.74 Å². The average Bonchev–Trinajstić information content (AvgIpc) is 3.52. The second kappa shape index (κ2) is 11.2. The van der Waals surface area contributed by atoms with Gasteiger partial charge in [-0.05, 0) is 49.8 Å². The van der Waals surface area contributed by atoms with E-state index < -0.39 is 6.04 Å². The quantitative estimate of drug-likeness (QED) is 0.325. The Labute approximate surface area is 219 Å². The standard InChI is InChI=1S/C29H30BrN3O3/c30-22-15-13-20(14-16-22)26-25(27(34)21-8-3-1-4-9-21)28(36-23-10-5-2-6-11-23)29(35)33(26)19-7-12-24-31-17-18-32-24/h1,3-4,8-9,13-18,23,26H,2,5-7,10-12,19H2,(H,31,32). The number of nitrogens with one attached hydrogen (secondary N) is 1. The van der Waals surface area contributed by atoms with Crippen LogP contribution in [0.3, 0.4) is 0 Å². The fourth-order valence-corrected chi connectivity index (χ4v) is 5.42. The topological polar surface area (TPSA) is 75.3 Å². The van der Waals surface area contributed by atoms with Crippen molar-refractivity contribution in [2.75, 3.05) is 6.54 Å². The second-order valence-corrected chi connectivity index (χ2v) is 10.3. The molecule has 1 atom stereocenters. The minimum Gasteiger partial charge on any atom is -0.484 e. The maximum Gasteiger partial charge on any atom is 0.290 e. The number of rotatable bonds is 9. The van der Waals surface area contributed by atoms with Gasteiger partial charge in [-0.1, -0.05) is 64.8 Å². The van der Waals surface area contributed by atoms with Crippen LogP contribution in [-0.4, -0.2) is 39.2 Å². The maximum absolute atomic E-state index is 14.0. The van der Waals surface area contributed by atoms with Gasteiger partial charge in [0.25, 0.3) is 5.91 Å². The molecule has 1 fully saturated rings. The molecular formula is C29H30BrN3O3. The van der Waals surface area contributed by atoms with Crippen molar-refractivity contribution in [2.45, 2.75) is 57.1 Å². The summed E-state index contributed by atoms with van der Waals surface area (Å²) in [6.07, 6.45) is 10.1. The normalized spacial score (nSPS) is 18.6. The summed E-state index contributed by atoms with van der Waals surface area (Å²) in [4.78, 5) is 37.1. The van der Waals surface area contributed by atoms with Crippen molar-refractivity contribution in [1.29, 1.82) is 0 Å². The Morgan fingerprint density at radius 2 is 1.81 bits per heavy atom. The predicted molar refractivity (Wildman–Crippen MR) is 141 cm³/mol. The highest BCUT2D eigenvalue weighted by molar-refractivity contribution is 9.10. The van der Waals surface area contributed by atoms with E-state index in [1.807, 2.05) is 42.5 Å². The number of Topliss-reactive ketones (excluding diaryl/α,β-unsaturated/α-hetero) is 1. The minimum atomic E-state index is -0.506. The van der Waals surface area contributed by atoms with Crippen molar-refractivity contribution < 1.29 is 14.3 Å². The third-order valence-electron chi connectivity index (χ3n) is 6.96. The Bertz CT molecular complexity index is 1220. The molecule has 0 saturated heterocycles. The number of aromatic amines is 1. The summed E-state index contributed by atoms with van der Waals surface area (Å²) in [5.74, 6) is 0.749. The molecule has 1 aliphatic carbocycles. The summed E-state index contributed by atoms with van der Waals surface area (Å²) >= 11 is 3.51. The van der Waals surface area contributed by atoms with Gasteiger partial charge in [0.2, 0.25) is 0 Å². The number of H-pyrrole nitrogens is 1. The van der Waals surface area contributed by atoms with Crippen molar-refractivity contribution in [3.8, 4) is 0 Å². The largest absolute Gasteiger partial charge is 0.484 e. The number of hydrogen-bond donors (Lipinski definition) is 1. The molecule has 6 nitrogen and oxygen atoms in total. The molecule has 1 amide bonds. The molecule has 1 saturated carbocycles. The fraction of sp³-hybridized carbons (Fsp3) is 0.345. The summed E-state index contributed by atoms with van der Waals surface area (Å²) in [6, 6.07) is 16.5. The molecule has 1 aromatic heterocycles. The second-order valence-electron chi connectivity index (χ2n) is 9.41. The zero-order chi connectivity index (χ0) is 24.9. The number of benzene rings is 2. The van der Waals surface area contributed by atoms with Crippen molar-refractivity contribution in [3.63, 3.8) is 0 Å². The smallest absolute Gasteiger partial charge is 0.290 e. The van der Waals surface area contributed by atoms with Crippen molar-refractivity contribution in [2.24, 2.45) is 0 Å². The number of carbonyl (C=O) groups is 2. The molecule has 2 heterocycles. The van der Waals surface area contributed by atoms with E-state index in [-0.39, 0.29) is 23.6 Å². The monoisotopic (exact) mass is 547 g/mol. The first kappa shape index (κ1) is 24.5. The fourth-order valence-electron chi connectivity index (χ4n) is 5.15. The Balaban J connectivity index is 1.53. The number of carbonyl (C=O) groups excluding carboxylic acids is 2. The molecule has 1 unspecified atom stereocenters. The van der Waals surface area contributed by atoms with Crippen LogP contribution < -0.4 is 0 Å². The number of imidazole rings is 1. The first-order chi connectivity index (χ1) is 17.6. The van der Waals surface area contributed by atoms with Gasteiger partial charge in [0.15, 0.2) is 11.5 Å². The van der Waals surface area contributed by atoms with Crippen molar-refractivity contribution >= 4 is 27.6 Å². The van der Waals surface area contributed by atoms with Crippen molar-refractivity contribution in [1.82, 2.24) is 14.9 Å². The third kappa shape index (κ3) is 5.31. The molecule has 5 rings (SSSR count). The summed E-state index contributed by atoms with van der Waals surface area (Å²) in [5.41, 5.74) is 1.90. The van der Waals surface area contributed by atoms with Gasteiger partial charge in [0.1, 0.15) is 5.82 Å². The third-order valence-corrected chi connectivity index (χ3v) is 7.48. The van der Waals surface area contributed by atoms with Gasteiger partial charge in [0.05, 0.1) is 17.7 Å². The molecule has 1 N–H and O–H groups in total. The van der Waals surface area contributed by atoms with E-state index >= 15 is 0 Å².